The highest BCUT2D eigenvalue weighted by Crippen LogP contribution is 2.27. The Morgan fingerprint density at radius 3 is 2.43 bits per heavy atom. The molecule has 0 saturated carbocycles. The number of rotatable bonds is 3. The molecule has 1 aromatic carbocycles. The van der Waals surface area contributed by atoms with E-state index in [9.17, 15) is 0 Å². The molecule has 4 nitrogen and oxygen atoms in total. The molecule has 0 saturated heterocycles. The number of aryl methyl sites for hydroxylation is 1. The van der Waals surface area contributed by atoms with E-state index in [-0.39, 0.29) is 11.3 Å². The zero-order valence-electron chi connectivity index (χ0n) is 8.65. The highest BCUT2D eigenvalue weighted by atomic mass is 16.8. The summed E-state index contributed by atoms with van der Waals surface area (Å²) >= 11 is 0. The summed E-state index contributed by atoms with van der Waals surface area (Å²) in [4.78, 5) is 0. The molecule has 0 atom stereocenters. The van der Waals surface area contributed by atoms with Crippen LogP contribution in [0.2, 0.25) is 0 Å². The van der Waals surface area contributed by atoms with Gasteiger partial charge in [0.1, 0.15) is 5.69 Å². The third-order valence-corrected chi connectivity index (χ3v) is 1.90. The zero-order valence-corrected chi connectivity index (χ0v) is 8.65. The lowest BCUT2D eigenvalue weighted by Gasteiger charge is -2.19. The van der Waals surface area contributed by atoms with Crippen molar-refractivity contribution in [1.82, 2.24) is 0 Å². The van der Waals surface area contributed by atoms with Crippen molar-refractivity contribution in [2.75, 3.05) is 10.5 Å². The van der Waals surface area contributed by atoms with Crippen molar-refractivity contribution in [1.29, 1.82) is 0 Å². The van der Waals surface area contributed by atoms with Gasteiger partial charge in [-0.05, 0) is 32.4 Å². The summed E-state index contributed by atoms with van der Waals surface area (Å²) in [5, 5.41) is 21.3. The van der Waals surface area contributed by atoms with Gasteiger partial charge in [-0.1, -0.05) is 12.1 Å². The Morgan fingerprint density at radius 2 is 1.93 bits per heavy atom. The van der Waals surface area contributed by atoms with Gasteiger partial charge in [0.15, 0.2) is 0 Å². The normalized spacial score (nSPS) is 10.4. The van der Waals surface area contributed by atoms with E-state index in [1.807, 2.05) is 26.8 Å². The Kier molecular flexibility index (Phi) is 3.33. The maximum Gasteiger partial charge on any atom is 0.118 e. The SMILES string of the molecule is Cc1cccc(N(O)O)c1NC(C)C. The Morgan fingerprint density at radius 1 is 1.29 bits per heavy atom. The highest BCUT2D eigenvalue weighted by Gasteiger charge is 2.10. The number of benzene rings is 1. The smallest absolute Gasteiger partial charge is 0.118 e. The summed E-state index contributed by atoms with van der Waals surface area (Å²) in [5.74, 6) is 0. The first-order valence-corrected chi connectivity index (χ1v) is 4.56. The fraction of sp³-hybridized carbons (Fsp3) is 0.400. The summed E-state index contributed by atoms with van der Waals surface area (Å²) < 4.78 is 0. The number of nitrogens with zero attached hydrogens (tertiary/aromatic N) is 1. The second kappa shape index (κ2) is 4.30. The summed E-state index contributed by atoms with van der Waals surface area (Å²) in [7, 11) is 0. The molecule has 4 heteroatoms. The van der Waals surface area contributed by atoms with Crippen molar-refractivity contribution >= 4 is 11.4 Å². The molecule has 0 fully saturated rings. The summed E-state index contributed by atoms with van der Waals surface area (Å²) in [5.41, 5.74) is 2.08. The van der Waals surface area contributed by atoms with Gasteiger partial charge in [-0.15, -0.1) is 5.23 Å². The van der Waals surface area contributed by atoms with Crippen LogP contribution in [0.5, 0.6) is 0 Å². The lowest BCUT2D eigenvalue weighted by molar-refractivity contribution is 0.0295. The molecule has 3 N–H and O–H groups in total. The van der Waals surface area contributed by atoms with Crippen LogP contribution in [0.1, 0.15) is 19.4 Å². The largest absolute Gasteiger partial charge is 0.381 e. The monoisotopic (exact) mass is 196 g/mol. The fourth-order valence-corrected chi connectivity index (χ4v) is 1.30. The van der Waals surface area contributed by atoms with E-state index >= 15 is 0 Å². The lowest BCUT2D eigenvalue weighted by atomic mass is 10.1. The molecule has 0 heterocycles. The minimum atomic E-state index is 0.137. The first-order valence-electron chi connectivity index (χ1n) is 4.56. The van der Waals surface area contributed by atoms with Crippen LogP contribution in [0.25, 0.3) is 0 Å². The Labute approximate surface area is 83.7 Å². The van der Waals surface area contributed by atoms with Gasteiger partial charge in [0, 0.05) is 6.04 Å². The van der Waals surface area contributed by atoms with Crippen molar-refractivity contribution in [3.63, 3.8) is 0 Å². The van der Waals surface area contributed by atoms with Crippen molar-refractivity contribution in [2.45, 2.75) is 26.8 Å². The van der Waals surface area contributed by atoms with Gasteiger partial charge in [0.05, 0.1) is 5.69 Å². The molecule has 1 aromatic rings. The predicted octanol–water partition coefficient (Wildman–Crippen LogP) is 2.40. The maximum absolute atomic E-state index is 8.99. The third-order valence-electron chi connectivity index (χ3n) is 1.90. The van der Waals surface area contributed by atoms with Crippen LogP contribution in [-0.4, -0.2) is 16.5 Å². The Balaban J connectivity index is 3.09. The zero-order chi connectivity index (χ0) is 10.7. The van der Waals surface area contributed by atoms with Crippen LogP contribution in [0.4, 0.5) is 11.4 Å². The molecule has 14 heavy (non-hydrogen) atoms. The van der Waals surface area contributed by atoms with Gasteiger partial charge in [-0.25, -0.2) is 0 Å². The molecule has 0 aromatic heterocycles. The second-order valence-electron chi connectivity index (χ2n) is 3.56. The predicted molar refractivity (Wildman–Crippen MR) is 56.0 cm³/mol. The molecule has 0 radical (unpaired) electrons. The first kappa shape index (κ1) is 10.8. The van der Waals surface area contributed by atoms with Crippen LogP contribution in [0, 0.1) is 6.92 Å². The van der Waals surface area contributed by atoms with E-state index in [0.717, 1.165) is 11.3 Å². The van der Waals surface area contributed by atoms with E-state index in [0.29, 0.717) is 5.69 Å². The molecule has 0 amide bonds. The molecule has 0 aliphatic rings. The van der Waals surface area contributed by atoms with Crippen molar-refractivity contribution in [3.05, 3.63) is 23.8 Å². The van der Waals surface area contributed by atoms with Crippen LogP contribution in [0.15, 0.2) is 18.2 Å². The molecule has 0 aliphatic carbocycles. The molecule has 0 spiro atoms. The summed E-state index contributed by atoms with van der Waals surface area (Å²) in [6.07, 6.45) is 0. The highest BCUT2D eigenvalue weighted by molar-refractivity contribution is 5.71. The number of para-hydroxylation sites is 1. The minimum Gasteiger partial charge on any atom is -0.381 e. The van der Waals surface area contributed by atoms with E-state index in [2.05, 4.69) is 5.32 Å². The molecule has 0 aliphatic heterocycles. The fourth-order valence-electron chi connectivity index (χ4n) is 1.30. The van der Waals surface area contributed by atoms with Gasteiger partial charge >= 0.3 is 0 Å². The van der Waals surface area contributed by atoms with Gasteiger partial charge in [-0.3, -0.25) is 10.4 Å². The lowest BCUT2D eigenvalue weighted by Crippen LogP contribution is -2.17. The van der Waals surface area contributed by atoms with Gasteiger partial charge < -0.3 is 5.32 Å². The number of nitrogens with one attached hydrogen (secondary N) is 1. The topological polar surface area (TPSA) is 55.7 Å². The second-order valence-corrected chi connectivity index (χ2v) is 3.56. The molecular weight excluding hydrogens is 180 g/mol. The van der Waals surface area contributed by atoms with Crippen molar-refractivity contribution < 1.29 is 10.4 Å². The minimum absolute atomic E-state index is 0.137. The molecule has 0 unspecified atom stereocenters. The van der Waals surface area contributed by atoms with Crippen LogP contribution in [0.3, 0.4) is 0 Å². The molecular formula is C10H16N2O2. The Bertz CT molecular complexity index is 311. The first-order chi connectivity index (χ1) is 6.52. The summed E-state index contributed by atoms with van der Waals surface area (Å²) in [6, 6.07) is 5.57. The van der Waals surface area contributed by atoms with Crippen molar-refractivity contribution in [2.24, 2.45) is 0 Å². The average Bonchev–Trinajstić information content (AvgIpc) is 2.07. The van der Waals surface area contributed by atoms with Crippen molar-refractivity contribution in [3.8, 4) is 0 Å². The third kappa shape index (κ3) is 2.37. The Hall–Kier alpha value is -1.26. The van der Waals surface area contributed by atoms with Crippen LogP contribution < -0.4 is 10.5 Å². The molecule has 0 bridgehead atoms. The maximum atomic E-state index is 8.99. The van der Waals surface area contributed by atoms with E-state index in [1.54, 1.807) is 12.1 Å². The number of hydrogen-bond acceptors (Lipinski definition) is 4. The number of anilines is 2. The standard InChI is InChI=1S/C10H16N2O2/c1-7(2)11-10-8(3)5-4-6-9(10)12(13)14/h4-7,11,13-14H,1-3H3. The van der Waals surface area contributed by atoms with Gasteiger partial charge in [0.25, 0.3) is 0 Å². The van der Waals surface area contributed by atoms with E-state index in [4.69, 9.17) is 10.4 Å². The average molecular weight is 196 g/mol. The number of hydrogen-bond donors (Lipinski definition) is 3. The van der Waals surface area contributed by atoms with E-state index in [1.165, 1.54) is 0 Å². The van der Waals surface area contributed by atoms with Crippen LogP contribution >= 0.6 is 0 Å². The van der Waals surface area contributed by atoms with Crippen LogP contribution in [-0.2, 0) is 0 Å². The summed E-state index contributed by atoms with van der Waals surface area (Å²) in [6.45, 7) is 5.91. The quantitative estimate of drug-likeness (QED) is 0.650. The van der Waals surface area contributed by atoms with E-state index < -0.39 is 0 Å². The van der Waals surface area contributed by atoms with Gasteiger partial charge in [-0.2, -0.15) is 0 Å². The molecule has 1 rings (SSSR count). The van der Waals surface area contributed by atoms with Gasteiger partial charge in [0.2, 0.25) is 0 Å². The molecule has 78 valence electrons.